The number of hydrogen-bond acceptors (Lipinski definition) is 2. The standard InChI is InChI=1S/C10H22N2O/c1-8(11-4)6-7-9(2)12(5)10(3)13/h8-9,11H,6-7H2,1-5H3. The van der Waals surface area contributed by atoms with Crippen LogP contribution in [0.3, 0.4) is 0 Å². The van der Waals surface area contributed by atoms with Gasteiger partial charge >= 0.3 is 0 Å². The highest BCUT2D eigenvalue weighted by Gasteiger charge is 2.12. The Hall–Kier alpha value is -0.570. The first-order valence-electron chi connectivity index (χ1n) is 4.89. The molecule has 0 aromatic carbocycles. The Morgan fingerprint density at radius 2 is 1.92 bits per heavy atom. The average molecular weight is 186 g/mol. The van der Waals surface area contributed by atoms with Gasteiger partial charge in [-0.05, 0) is 33.7 Å². The first kappa shape index (κ1) is 12.4. The molecule has 0 aliphatic heterocycles. The summed E-state index contributed by atoms with van der Waals surface area (Å²) < 4.78 is 0. The molecule has 2 unspecified atom stereocenters. The Kier molecular flexibility index (Phi) is 5.71. The third kappa shape index (κ3) is 4.88. The molecule has 3 heteroatoms. The van der Waals surface area contributed by atoms with Crippen LogP contribution in [0.2, 0.25) is 0 Å². The third-order valence-electron chi connectivity index (χ3n) is 2.67. The van der Waals surface area contributed by atoms with E-state index < -0.39 is 0 Å². The first-order chi connectivity index (χ1) is 5.99. The van der Waals surface area contributed by atoms with Crippen molar-refractivity contribution >= 4 is 5.91 Å². The quantitative estimate of drug-likeness (QED) is 0.700. The molecule has 1 N–H and O–H groups in total. The van der Waals surface area contributed by atoms with Gasteiger partial charge in [0.25, 0.3) is 0 Å². The summed E-state index contributed by atoms with van der Waals surface area (Å²) in [6, 6.07) is 0.871. The van der Waals surface area contributed by atoms with Crippen LogP contribution in [0, 0.1) is 0 Å². The predicted octanol–water partition coefficient (Wildman–Crippen LogP) is 1.24. The molecule has 0 aromatic rings. The van der Waals surface area contributed by atoms with Crippen LogP contribution < -0.4 is 5.32 Å². The molecule has 0 spiro atoms. The number of carbonyl (C=O) groups excluding carboxylic acids is 1. The number of nitrogens with zero attached hydrogens (tertiary/aromatic N) is 1. The van der Waals surface area contributed by atoms with Gasteiger partial charge in [-0.3, -0.25) is 4.79 Å². The molecule has 0 saturated heterocycles. The van der Waals surface area contributed by atoms with Gasteiger partial charge in [0.15, 0.2) is 0 Å². The van der Waals surface area contributed by atoms with E-state index in [1.807, 2.05) is 14.1 Å². The molecule has 0 aliphatic rings. The van der Waals surface area contributed by atoms with Crippen LogP contribution in [-0.4, -0.2) is 37.0 Å². The van der Waals surface area contributed by atoms with E-state index in [4.69, 9.17) is 0 Å². The largest absolute Gasteiger partial charge is 0.343 e. The fourth-order valence-electron chi connectivity index (χ4n) is 1.14. The Bertz CT molecular complexity index is 159. The molecule has 2 atom stereocenters. The van der Waals surface area contributed by atoms with Crippen molar-refractivity contribution < 1.29 is 4.79 Å². The van der Waals surface area contributed by atoms with Crippen molar-refractivity contribution in [3.8, 4) is 0 Å². The van der Waals surface area contributed by atoms with E-state index >= 15 is 0 Å². The van der Waals surface area contributed by atoms with E-state index in [0.717, 1.165) is 12.8 Å². The maximum atomic E-state index is 11.0. The molecule has 0 saturated carbocycles. The summed E-state index contributed by atoms with van der Waals surface area (Å²) in [5.74, 6) is 0.143. The first-order valence-corrected chi connectivity index (χ1v) is 4.89. The van der Waals surface area contributed by atoms with Crippen molar-refractivity contribution in [3.05, 3.63) is 0 Å². The van der Waals surface area contributed by atoms with Crippen LogP contribution in [0.5, 0.6) is 0 Å². The van der Waals surface area contributed by atoms with E-state index in [9.17, 15) is 4.79 Å². The zero-order chi connectivity index (χ0) is 10.4. The summed E-state index contributed by atoms with van der Waals surface area (Å²) >= 11 is 0. The number of amides is 1. The summed E-state index contributed by atoms with van der Waals surface area (Å²) in [4.78, 5) is 12.8. The number of carbonyl (C=O) groups is 1. The zero-order valence-electron chi connectivity index (χ0n) is 9.42. The minimum absolute atomic E-state index is 0.143. The summed E-state index contributed by atoms with van der Waals surface area (Å²) in [5.41, 5.74) is 0. The highest BCUT2D eigenvalue weighted by atomic mass is 16.2. The Morgan fingerprint density at radius 1 is 1.38 bits per heavy atom. The van der Waals surface area contributed by atoms with Crippen molar-refractivity contribution in [1.29, 1.82) is 0 Å². The van der Waals surface area contributed by atoms with E-state index in [2.05, 4.69) is 19.2 Å². The van der Waals surface area contributed by atoms with Crippen LogP contribution in [0.4, 0.5) is 0 Å². The lowest BCUT2D eigenvalue weighted by atomic mass is 10.1. The van der Waals surface area contributed by atoms with E-state index in [0.29, 0.717) is 12.1 Å². The molecular formula is C10H22N2O. The number of rotatable bonds is 5. The molecule has 13 heavy (non-hydrogen) atoms. The van der Waals surface area contributed by atoms with Gasteiger partial charge in [0.1, 0.15) is 0 Å². The second-order valence-corrected chi connectivity index (χ2v) is 3.75. The summed E-state index contributed by atoms with van der Waals surface area (Å²) in [6.07, 6.45) is 2.16. The fraction of sp³-hybridized carbons (Fsp3) is 0.900. The van der Waals surface area contributed by atoms with Gasteiger partial charge in [0.05, 0.1) is 0 Å². The smallest absolute Gasteiger partial charge is 0.219 e. The predicted molar refractivity (Wildman–Crippen MR) is 55.7 cm³/mol. The lowest BCUT2D eigenvalue weighted by Crippen LogP contribution is -2.34. The lowest BCUT2D eigenvalue weighted by molar-refractivity contribution is -0.129. The van der Waals surface area contributed by atoms with Gasteiger partial charge in [-0.15, -0.1) is 0 Å². The van der Waals surface area contributed by atoms with Crippen molar-refractivity contribution in [2.75, 3.05) is 14.1 Å². The maximum Gasteiger partial charge on any atom is 0.219 e. The molecule has 0 fully saturated rings. The fourth-order valence-corrected chi connectivity index (χ4v) is 1.14. The molecule has 78 valence electrons. The van der Waals surface area contributed by atoms with Gasteiger partial charge in [-0.2, -0.15) is 0 Å². The maximum absolute atomic E-state index is 11.0. The van der Waals surface area contributed by atoms with Gasteiger partial charge in [-0.25, -0.2) is 0 Å². The van der Waals surface area contributed by atoms with Crippen LogP contribution in [-0.2, 0) is 4.79 Å². The Labute approximate surface area is 81.5 Å². The Balaban J connectivity index is 3.73. The van der Waals surface area contributed by atoms with Gasteiger partial charge < -0.3 is 10.2 Å². The van der Waals surface area contributed by atoms with Crippen molar-refractivity contribution in [2.24, 2.45) is 0 Å². The minimum atomic E-state index is 0.143. The van der Waals surface area contributed by atoms with E-state index in [-0.39, 0.29) is 5.91 Å². The molecule has 0 heterocycles. The van der Waals surface area contributed by atoms with Crippen LogP contribution in [0.1, 0.15) is 33.6 Å². The highest BCUT2D eigenvalue weighted by molar-refractivity contribution is 5.73. The van der Waals surface area contributed by atoms with Crippen LogP contribution >= 0.6 is 0 Å². The molecule has 0 aliphatic carbocycles. The molecule has 3 nitrogen and oxygen atoms in total. The lowest BCUT2D eigenvalue weighted by Gasteiger charge is -2.24. The molecule has 0 radical (unpaired) electrons. The molecule has 0 rings (SSSR count). The molecule has 1 amide bonds. The number of hydrogen-bond donors (Lipinski definition) is 1. The molecule has 0 bridgehead atoms. The second-order valence-electron chi connectivity index (χ2n) is 3.75. The van der Waals surface area contributed by atoms with E-state index in [1.54, 1.807) is 11.8 Å². The minimum Gasteiger partial charge on any atom is -0.343 e. The number of nitrogens with one attached hydrogen (secondary N) is 1. The van der Waals surface area contributed by atoms with Gasteiger partial charge in [0, 0.05) is 26.1 Å². The highest BCUT2D eigenvalue weighted by Crippen LogP contribution is 2.06. The van der Waals surface area contributed by atoms with E-state index in [1.165, 1.54) is 0 Å². The SMILES string of the molecule is CNC(C)CCC(C)N(C)C(C)=O. The van der Waals surface area contributed by atoms with Gasteiger partial charge in [-0.1, -0.05) is 0 Å². The van der Waals surface area contributed by atoms with Crippen LogP contribution in [0.25, 0.3) is 0 Å². The summed E-state index contributed by atoms with van der Waals surface area (Å²) in [6.45, 7) is 5.85. The molecular weight excluding hydrogens is 164 g/mol. The summed E-state index contributed by atoms with van der Waals surface area (Å²) in [5, 5.41) is 3.18. The van der Waals surface area contributed by atoms with Crippen molar-refractivity contribution in [3.63, 3.8) is 0 Å². The zero-order valence-corrected chi connectivity index (χ0v) is 9.42. The van der Waals surface area contributed by atoms with Crippen molar-refractivity contribution in [2.45, 2.75) is 45.7 Å². The Morgan fingerprint density at radius 3 is 2.31 bits per heavy atom. The average Bonchev–Trinajstić information content (AvgIpc) is 2.11. The summed E-state index contributed by atoms with van der Waals surface area (Å²) in [7, 11) is 3.82. The van der Waals surface area contributed by atoms with Crippen molar-refractivity contribution in [1.82, 2.24) is 10.2 Å². The third-order valence-corrected chi connectivity index (χ3v) is 2.67. The van der Waals surface area contributed by atoms with Gasteiger partial charge in [0.2, 0.25) is 5.91 Å². The molecule has 0 aromatic heterocycles. The monoisotopic (exact) mass is 186 g/mol. The normalized spacial score (nSPS) is 15.2. The topological polar surface area (TPSA) is 32.3 Å². The van der Waals surface area contributed by atoms with Crippen LogP contribution in [0.15, 0.2) is 0 Å². The second kappa shape index (κ2) is 5.97.